The molecular formula is C24H21ClN4O3S. The Balaban J connectivity index is 1.56. The molecule has 4 rings (SSSR count). The Morgan fingerprint density at radius 1 is 0.970 bits per heavy atom. The Hall–Kier alpha value is -3.49. The second-order valence-corrected chi connectivity index (χ2v) is 8.22. The molecule has 9 heteroatoms. The van der Waals surface area contributed by atoms with Crippen LogP contribution < -0.4 is 14.8 Å². The van der Waals surface area contributed by atoms with Gasteiger partial charge in [-0.1, -0.05) is 71.9 Å². The van der Waals surface area contributed by atoms with Gasteiger partial charge in [0.2, 0.25) is 5.91 Å². The molecule has 0 spiro atoms. The van der Waals surface area contributed by atoms with E-state index >= 15 is 0 Å². The molecule has 4 aromatic rings. The van der Waals surface area contributed by atoms with Gasteiger partial charge in [0.15, 0.2) is 22.5 Å². The van der Waals surface area contributed by atoms with Gasteiger partial charge in [-0.25, -0.2) is 0 Å². The van der Waals surface area contributed by atoms with Crippen molar-refractivity contribution in [1.29, 1.82) is 0 Å². The van der Waals surface area contributed by atoms with Gasteiger partial charge in [0.05, 0.1) is 30.7 Å². The lowest BCUT2D eigenvalue weighted by atomic mass is 10.2. The molecule has 1 amide bonds. The van der Waals surface area contributed by atoms with Gasteiger partial charge in [-0.2, -0.15) is 0 Å². The molecule has 0 bridgehead atoms. The quantitative estimate of drug-likeness (QED) is 0.343. The van der Waals surface area contributed by atoms with Crippen molar-refractivity contribution < 1.29 is 14.3 Å². The van der Waals surface area contributed by atoms with E-state index in [0.717, 1.165) is 11.3 Å². The van der Waals surface area contributed by atoms with E-state index in [9.17, 15) is 4.79 Å². The molecule has 7 nitrogen and oxygen atoms in total. The summed E-state index contributed by atoms with van der Waals surface area (Å²) < 4.78 is 12.5. The van der Waals surface area contributed by atoms with Crippen LogP contribution in [0.4, 0.5) is 5.69 Å². The number of amides is 1. The summed E-state index contributed by atoms with van der Waals surface area (Å²) in [5.41, 5.74) is 2.28. The Labute approximate surface area is 200 Å². The maximum atomic E-state index is 12.7. The highest BCUT2D eigenvalue weighted by Gasteiger charge is 2.18. The number of rotatable bonds is 8. The summed E-state index contributed by atoms with van der Waals surface area (Å²) in [6.07, 6.45) is 0. The molecule has 0 aliphatic carbocycles. The number of anilines is 1. The van der Waals surface area contributed by atoms with Crippen LogP contribution in [-0.4, -0.2) is 40.6 Å². The number of halogens is 1. The van der Waals surface area contributed by atoms with E-state index in [1.54, 1.807) is 12.1 Å². The number of para-hydroxylation sites is 1. The Bertz CT molecular complexity index is 1250. The zero-order valence-corrected chi connectivity index (χ0v) is 19.6. The highest BCUT2D eigenvalue weighted by atomic mass is 35.5. The lowest BCUT2D eigenvalue weighted by molar-refractivity contribution is -0.113. The Morgan fingerprint density at radius 2 is 1.61 bits per heavy atom. The van der Waals surface area contributed by atoms with Crippen LogP contribution in [-0.2, 0) is 4.79 Å². The van der Waals surface area contributed by atoms with Crippen molar-refractivity contribution in [3.63, 3.8) is 0 Å². The van der Waals surface area contributed by atoms with Crippen molar-refractivity contribution >= 4 is 35.0 Å². The van der Waals surface area contributed by atoms with Gasteiger partial charge in [-0.15, -0.1) is 10.2 Å². The van der Waals surface area contributed by atoms with E-state index in [0.29, 0.717) is 33.2 Å². The predicted molar refractivity (Wildman–Crippen MR) is 131 cm³/mol. The second-order valence-electron chi connectivity index (χ2n) is 6.87. The van der Waals surface area contributed by atoms with Crippen LogP contribution in [0, 0.1) is 0 Å². The fraction of sp³-hybridized carbons (Fsp3) is 0.125. The number of aromatic nitrogens is 3. The van der Waals surface area contributed by atoms with Gasteiger partial charge in [-0.05, 0) is 12.1 Å². The Kier molecular flexibility index (Phi) is 7.16. The van der Waals surface area contributed by atoms with E-state index < -0.39 is 0 Å². The zero-order chi connectivity index (χ0) is 23.2. The number of ether oxygens (including phenoxy) is 2. The first kappa shape index (κ1) is 22.7. The van der Waals surface area contributed by atoms with Gasteiger partial charge in [0.1, 0.15) is 0 Å². The third-order valence-electron chi connectivity index (χ3n) is 4.76. The highest BCUT2D eigenvalue weighted by Crippen LogP contribution is 2.36. The second kappa shape index (κ2) is 10.4. The first-order valence-corrected chi connectivity index (χ1v) is 11.4. The smallest absolute Gasteiger partial charge is 0.234 e. The van der Waals surface area contributed by atoms with Crippen molar-refractivity contribution in [3.8, 4) is 28.6 Å². The molecule has 0 unspecified atom stereocenters. The zero-order valence-electron chi connectivity index (χ0n) is 18.0. The minimum atomic E-state index is -0.238. The number of hydrogen-bond donors (Lipinski definition) is 1. The topological polar surface area (TPSA) is 78.3 Å². The molecule has 1 N–H and O–H groups in total. The number of carbonyl (C=O) groups is 1. The molecule has 0 saturated carbocycles. The van der Waals surface area contributed by atoms with Gasteiger partial charge in [-0.3, -0.25) is 9.36 Å². The number of nitrogens with one attached hydrogen (secondary N) is 1. The van der Waals surface area contributed by atoms with Crippen LogP contribution in [0.1, 0.15) is 0 Å². The molecular weight excluding hydrogens is 460 g/mol. The molecule has 1 heterocycles. The fourth-order valence-corrected chi connectivity index (χ4v) is 4.17. The van der Waals surface area contributed by atoms with Crippen LogP contribution >= 0.6 is 23.4 Å². The monoisotopic (exact) mass is 480 g/mol. The molecule has 0 atom stereocenters. The number of methoxy groups -OCH3 is 2. The normalized spacial score (nSPS) is 10.6. The molecule has 0 aliphatic heterocycles. The molecule has 33 heavy (non-hydrogen) atoms. The molecule has 1 aromatic heterocycles. The third kappa shape index (κ3) is 5.13. The number of nitrogens with zero attached hydrogens (tertiary/aromatic N) is 3. The van der Waals surface area contributed by atoms with Crippen LogP contribution in [0.15, 0.2) is 78.0 Å². The van der Waals surface area contributed by atoms with Crippen molar-refractivity contribution in [1.82, 2.24) is 14.8 Å². The first-order valence-electron chi connectivity index (χ1n) is 10.0. The third-order valence-corrected chi connectivity index (χ3v) is 6.00. The van der Waals surface area contributed by atoms with Gasteiger partial charge in [0, 0.05) is 23.4 Å². The van der Waals surface area contributed by atoms with Crippen LogP contribution in [0.5, 0.6) is 11.5 Å². The van der Waals surface area contributed by atoms with Crippen molar-refractivity contribution in [2.24, 2.45) is 0 Å². The summed E-state index contributed by atoms with van der Waals surface area (Å²) >= 11 is 7.58. The molecule has 0 aliphatic rings. The number of carbonyl (C=O) groups excluding carboxylic acids is 1. The minimum absolute atomic E-state index is 0.116. The lowest BCUT2D eigenvalue weighted by Gasteiger charge is -2.13. The van der Waals surface area contributed by atoms with Crippen LogP contribution in [0.2, 0.25) is 5.02 Å². The molecule has 0 saturated heterocycles. The average Bonchev–Trinajstić information content (AvgIpc) is 3.29. The summed E-state index contributed by atoms with van der Waals surface area (Å²) in [4.78, 5) is 12.7. The predicted octanol–water partition coefficient (Wildman–Crippen LogP) is 5.34. The van der Waals surface area contributed by atoms with E-state index in [-0.39, 0.29) is 11.7 Å². The van der Waals surface area contributed by atoms with E-state index in [4.69, 9.17) is 21.1 Å². The largest absolute Gasteiger partial charge is 0.493 e. The van der Waals surface area contributed by atoms with Crippen LogP contribution in [0.3, 0.4) is 0 Å². The summed E-state index contributed by atoms with van der Waals surface area (Å²) in [7, 11) is 3.05. The average molecular weight is 481 g/mol. The summed E-state index contributed by atoms with van der Waals surface area (Å²) in [6, 6.07) is 22.8. The lowest BCUT2D eigenvalue weighted by Crippen LogP contribution is -2.15. The SMILES string of the molecule is COc1cc(Cl)c(NC(=O)CSc2nnc(-c3ccccc3)n2-c2ccccc2)cc1OC. The minimum Gasteiger partial charge on any atom is -0.493 e. The van der Waals surface area contributed by atoms with E-state index in [1.807, 2.05) is 65.2 Å². The van der Waals surface area contributed by atoms with E-state index in [2.05, 4.69) is 15.5 Å². The number of benzene rings is 3. The maximum Gasteiger partial charge on any atom is 0.234 e. The standard InChI is InChI=1S/C24H21ClN4O3S/c1-31-20-13-18(25)19(14-21(20)32-2)26-22(30)15-33-24-28-27-23(16-9-5-3-6-10-16)29(24)17-11-7-4-8-12-17/h3-14H,15H2,1-2H3,(H,26,30). The van der Waals surface area contributed by atoms with Gasteiger partial charge in [0.25, 0.3) is 0 Å². The number of thioether (sulfide) groups is 1. The van der Waals surface area contributed by atoms with Crippen molar-refractivity contribution in [3.05, 3.63) is 77.8 Å². The fourth-order valence-electron chi connectivity index (χ4n) is 3.21. The van der Waals surface area contributed by atoms with Gasteiger partial charge >= 0.3 is 0 Å². The van der Waals surface area contributed by atoms with Crippen molar-refractivity contribution in [2.45, 2.75) is 5.16 Å². The maximum absolute atomic E-state index is 12.7. The van der Waals surface area contributed by atoms with Gasteiger partial charge < -0.3 is 14.8 Å². The molecule has 0 radical (unpaired) electrons. The summed E-state index contributed by atoms with van der Waals surface area (Å²) in [5, 5.41) is 12.5. The molecule has 3 aromatic carbocycles. The summed E-state index contributed by atoms with van der Waals surface area (Å²) in [6.45, 7) is 0. The van der Waals surface area contributed by atoms with E-state index in [1.165, 1.54) is 26.0 Å². The number of hydrogen-bond acceptors (Lipinski definition) is 6. The van der Waals surface area contributed by atoms with Crippen molar-refractivity contribution in [2.75, 3.05) is 25.3 Å². The molecule has 0 fully saturated rings. The summed E-state index contributed by atoms with van der Waals surface area (Å²) in [5.74, 6) is 1.54. The highest BCUT2D eigenvalue weighted by molar-refractivity contribution is 7.99. The van der Waals surface area contributed by atoms with Crippen LogP contribution in [0.25, 0.3) is 17.1 Å². The Morgan fingerprint density at radius 3 is 2.27 bits per heavy atom. The molecule has 168 valence electrons. The first-order chi connectivity index (χ1) is 16.1.